The van der Waals surface area contributed by atoms with Crippen LogP contribution in [0.4, 0.5) is 0 Å². The number of hydrogen-bond donors (Lipinski definition) is 1. The fourth-order valence-corrected chi connectivity index (χ4v) is 1.43. The number of ether oxygens (including phenoxy) is 1. The fourth-order valence-electron chi connectivity index (χ4n) is 1.43. The van der Waals surface area contributed by atoms with Gasteiger partial charge in [-0.3, -0.25) is 9.59 Å². The largest absolute Gasteiger partial charge is 0.497 e. The number of ketones is 1. The molecule has 0 atom stereocenters. The zero-order valence-electron chi connectivity index (χ0n) is 10.2. The lowest BCUT2D eigenvalue weighted by Crippen LogP contribution is -2.27. The Bertz CT molecular complexity index is 384. The fraction of sp³-hybridized carbons (Fsp3) is 0.385. The van der Waals surface area contributed by atoms with Crippen molar-refractivity contribution in [1.29, 1.82) is 0 Å². The molecule has 1 amide bonds. The number of amides is 1. The van der Waals surface area contributed by atoms with Crippen molar-refractivity contribution in [3.05, 3.63) is 29.8 Å². The number of benzene rings is 1. The van der Waals surface area contributed by atoms with E-state index in [1.54, 1.807) is 7.11 Å². The van der Waals surface area contributed by atoms with Gasteiger partial charge in [-0.05, 0) is 31.0 Å². The third kappa shape index (κ3) is 5.15. The monoisotopic (exact) mass is 235 g/mol. The van der Waals surface area contributed by atoms with E-state index in [4.69, 9.17) is 4.74 Å². The summed E-state index contributed by atoms with van der Waals surface area (Å²) in [6.07, 6.45) is 0.705. The standard InChI is InChI=1S/C13H17NO3/c1-10(15)9-13(16)14-8-7-11-3-5-12(17-2)6-4-11/h3-6H,7-9H2,1-2H3,(H,14,16). The molecule has 0 heterocycles. The predicted octanol–water partition coefficient (Wildman–Crippen LogP) is 1.33. The van der Waals surface area contributed by atoms with Crippen molar-refractivity contribution in [3.63, 3.8) is 0 Å². The summed E-state index contributed by atoms with van der Waals surface area (Å²) in [4.78, 5) is 21.9. The second-order valence-electron chi connectivity index (χ2n) is 3.83. The average Bonchev–Trinajstić information content (AvgIpc) is 2.29. The molecule has 0 saturated carbocycles. The Kier molecular flexibility index (Phi) is 5.20. The highest BCUT2D eigenvalue weighted by Gasteiger charge is 2.03. The molecule has 17 heavy (non-hydrogen) atoms. The summed E-state index contributed by atoms with van der Waals surface area (Å²) in [6, 6.07) is 7.67. The van der Waals surface area contributed by atoms with Gasteiger partial charge in [0.1, 0.15) is 11.5 Å². The van der Waals surface area contributed by atoms with Gasteiger partial charge in [-0.2, -0.15) is 0 Å². The first-order chi connectivity index (χ1) is 8.11. The summed E-state index contributed by atoms with van der Waals surface area (Å²) in [6.45, 7) is 1.95. The molecule has 0 radical (unpaired) electrons. The number of hydrogen-bond acceptors (Lipinski definition) is 3. The smallest absolute Gasteiger partial charge is 0.227 e. The minimum absolute atomic E-state index is 0.0391. The van der Waals surface area contributed by atoms with Crippen LogP contribution in [0.1, 0.15) is 18.9 Å². The molecule has 1 aromatic rings. The molecule has 4 nitrogen and oxygen atoms in total. The first-order valence-corrected chi connectivity index (χ1v) is 5.51. The van der Waals surface area contributed by atoms with E-state index in [1.165, 1.54) is 6.92 Å². The van der Waals surface area contributed by atoms with Gasteiger partial charge in [0.25, 0.3) is 0 Å². The third-order valence-electron chi connectivity index (χ3n) is 2.30. The predicted molar refractivity (Wildman–Crippen MR) is 65.0 cm³/mol. The molecule has 4 heteroatoms. The Morgan fingerprint density at radius 3 is 2.41 bits per heavy atom. The van der Waals surface area contributed by atoms with Gasteiger partial charge in [-0.25, -0.2) is 0 Å². The summed E-state index contributed by atoms with van der Waals surface area (Å²) in [5.41, 5.74) is 1.12. The highest BCUT2D eigenvalue weighted by molar-refractivity contribution is 5.96. The van der Waals surface area contributed by atoms with E-state index in [1.807, 2.05) is 24.3 Å². The van der Waals surface area contributed by atoms with Gasteiger partial charge in [-0.1, -0.05) is 12.1 Å². The number of rotatable bonds is 6. The zero-order chi connectivity index (χ0) is 12.7. The van der Waals surface area contributed by atoms with Gasteiger partial charge >= 0.3 is 0 Å². The van der Waals surface area contributed by atoms with E-state index in [0.717, 1.165) is 17.7 Å². The first kappa shape index (κ1) is 13.2. The molecule has 1 aromatic carbocycles. The lowest BCUT2D eigenvalue weighted by atomic mass is 10.1. The second-order valence-corrected chi connectivity index (χ2v) is 3.83. The maximum atomic E-state index is 11.2. The van der Waals surface area contributed by atoms with Crippen molar-refractivity contribution in [3.8, 4) is 5.75 Å². The normalized spacial score (nSPS) is 9.76. The van der Waals surface area contributed by atoms with E-state index in [0.29, 0.717) is 6.54 Å². The van der Waals surface area contributed by atoms with Crippen molar-refractivity contribution in [2.45, 2.75) is 19.8 Å². The van der Waals surface area contributed by atoms with Crippen LogP contribution in [-0.4, -0.2) is 25.3 Å². The maximum absolute atomic E-state index is 11.2. The van der Waals surface area contributed by atoms with Crippen molar-refractivity contribution in [2.75, 3.05) is 13.7 Å². The van der Waals surface area contributed by atoms with Crippen LogP contribution in [0.3, 0.4) is 0 Å². The van der Waals surface area contributed by atoms with Crippen molar-refractivity contribution in [1.82, 2.24) is 5.32 Å². The number of Topliss-reactive ketones (excluding diaryl/α,β-unsaturated/α-hetero) is 1. The summed E-state index contributed by atoms with van der Waals surface area (Å²) in [5, 5.41) is 2.70. The Morgan fingerprint density at radius 2 is 1.88 bits per heavy atom. The Hall–Kier alpha value is -1.84. The molecule has 0 aliphatic rings. The van der Waals surface area contributed by atoms with Gasteiger partial charge in [0, 0.05) is 6.54 Å². The van der Waals surface area contributed by atoms with Gasteiger partial charge in [0.2, 0.25) is 5.91 Å². The molecule has 0 aliphatic carbocycles. The minimum atomic E-state index is -0.217. The van der Waals surface area contributed by atoms with Gasteiger partial charge in [0.15, 0.2) is 0 Å². The van der Waals surface area contributed by atoms with Crippen LogP contribution < -0.4 is 10.1 Å². The maximum Gasteiger partial charge on any atom is 0.227 e. The second kappa shape index (κ2) is 6.68. The number of methoxy groups -OCH3 is 1. The van der Waals surface area contributed by atoms with E-state index < -0.39 is 0 Å². The van der Waals surface area contributed by atoms with Gasteiger partial charge < -0.3 is 10.1 Å². The van der Waals surface area contributed by atoms with E-state index in [9.17, 15) is 9.59 Å². The molecule has 1 rings (SSSR count). The highest BCUT2D eigenvalue weighted by atomic mass is 16.5. The highest BCUT2D eigenvalue weighted by Crippen LogP contribution is 2.11. The third-order valence-corrected chi connectivity index (χ3v) is 2.30. The quantitative estimate of drug-likeness (QED) is 0.757. The van der Waals surface area contributed by atoms with Crippen LogP contribution in [-0.2, 0) is 16.0 Å². The van der Waals surface area contributed by atoms with Gasteiger partial charge in [0.05, 0.1) is 13.5 Å². The molecule has 0 fully saturated rings. The van der Waals surface area contributed by atoms with Crippen LogP contribution in [0.5, 0.6) is 5.75 Å². The average molecular weight is 235 g/mol. The number of carbonyl (C=O) groups is 2. The Balaban J connectivity index is 2.30. The number of nitrogens with one attached hydrogen (secondary N) is 1. The summed E-state index contributed by atoms with van der Waals surface area (Å²) >= 11 is 0. The van der Waals surface area contributed by atoms with Crippen molar-refractivity contribution < 1.29 is 14.3 Å². The molecular formula is C13H17NO3. The lowest BCUT2D eigenvalue weighted by Gasteiger charge is -2.05. The Morgan fingerprint density at radius 1 is 1.24 bits per heavy atom. The molecule has 0 aliphatic heterocycles. The molecule has 1 N–H and O–H groups in total. The SMILES string of the molecule is COc1ccc(CCNC(=O)CC(C)=O)cc1. The van der Waals surface area contributed by atoms with E-state index in [2.05, 4.69) is 5.32 Å². The molecule has 0 saturated heterocycles. The first-order valence-electron chi connectivity index (χ1n) is 5.51. The molecular weight excluding hydrogens is 218 g/mol. The minimum Gasteiger partial charge on any atom is -0.497 e. The van der Waals surface area contributed by atoms with Crippen molar-refractivity contribution >= 4 is 11.7 Å². The zero-order valence-corrected chi connectivity index (χ0v) is 10.2. The summed E-state index contributed by atoms with van der Waals surface area (Å²) in [7, 11) is 1.62. The molecule has 0 unspecified atom stereocenters. The van der Waals surface area contributed by atoms with Crippen LogP contribution in [0.25, 0.3) is 0 Å². The number of carbonyl (C=O) groups excluding carboxylic acids is 2. The lowest BCUT2D eigenvalue weighted by molar-refractivity contribution is -0.127. The summed E-state index contributed by atoms with van der Waals surface area (Å²) < 4.78 is 5.05. The van der Waals surface area contributed by atoms with Gasteiger partial charge in [-0.15, -0.1) is 0 Å². The van der Waals surface area contributed by atoms with Crippen LogP contribution >= 0.6 is 0 Å². The molecule has 0 bridgehead atoms. The van der Waals surface area contributed by atoms with Crippen LogP contribution in [0.2, 0.25) is 0 Å². The Labute approximate surface area is 101 Å². The van der Waals surface area contributed by atoms with E-state index >= 15 is 0 Å². The van der Waals surface area contributed by atoms with Crippen molar-refractivity contribution in [2.24, 2.45) is 0 Å². The van der Waals surface area contributed by atoms with Crippen LogP contribution in [0.15, 0.2) is 24.3 Å². The van der Waals surface area contributed by atoms with Crippen LogP contribution in [0, 0.1) is 0 Å². The topological polar surface area (TPSA) is 55.4 Å². The molecule has 0 aromatic heterocycles. The molecule has 92 valence electrons. The van der Waals surface area contributed by atoms with E-state index in [-0.39, 0.29) is 18.1 Å². The summed E-state index contributed by atoms with van der Waals surface area (Å²) in [5.74, 6) is 0.479. The molecule has 0 spiro atoms.